The minimum Gasteiger partial charge on any atom is -0.491 e. The monoisotopic (exact) mass is 734 g/mol. The third kappa shape index (κ3) is 7.78. The Morgan fingerprint density at radius 3 is 2.56 bits per heavy atom. The van der Waals surface area contributed by atoms with Crippen molar-refractivity contribution in [2.24, 2.45) is 0 Å². The van der Waals surface area contributed by atoms with Gasteiger partial charge in [-0.05, 0) is 55.0 Å². The summed E-state index contributed by atoms with van der Waals surface area (Å²) in [5.74, 6) is -0.00714. The first kappa shape index (κ1) is 35.8. The lowest BCUT2D eigenvalue weighted by Crippen LogP contribution is -2.52. The van der Waals surface area contributed by atoms with E-state index >= 15 is 0 Å². The zero-order valence-electron chi connectivity index (χ0n) is 29.8. The van der Waals surface area contributed by atoms with E-state index in [1.807, 2.05) is 55.7 Å². The number of hydrogen-bond donors (Lipinski definition) is 4. The van der Waals surface area contributed by atoms with Gasteiger partial charge in [0.25, 0.3) is 5.91 Å². The number of carbonyl (C=O) groups excluding carboxylic acids is 5. The molecule has 3 aromatic carbocycles. The number of aromatic nitrogens is 3. The summed E-state index contributed by atoms with van der Waals surface area (Å²) in [5.41, 5.74) is 4.24. The first-order valence-electron chi connectivity index (χ1n) is 17.3. The number of urea groups is 1. The standard InChI is InChI=1S/C38H38N8O8/c1-38(2,3)31-18-32(44-54-31)42-37(51)40-22-7-9-23(10-8-22)46-21-39-28-17-24(11-12-29(28)46)53-16-15-52-20-34(48)41-27-6-4-5-25-26(27)19-45(36(25)50)30-13-14-33(47)43-35(30)49/h4-12,17-18,21,30H,13-16,19-20H2,1-3H3,(H,41,48)(H,43,47,49)(H2,40,42,44,51). The molecule has 0 aliphatic carbocycles. The molecule has 5 aromatic rings. The molecule has 0 spiro atoms. The number of rotatable bonds is 11. The van der Waals surface area contributed by atoms with Gasteiger partial charge < -0.3 is 29.5 Å². The molecule has 0 radical (unpaired) electrons. The van der Waals surface area contributed by atoms with Gasteiger partial charge in [-0.3, -0.25) is 34.4 Å². The molecule has 54 heavy (non-hydrogen) atoms. The fourth-order valence-electron chi connectivity index (χ4n) is 6.23. The SMILES string of the molecule is CC(C)(C)c1cc(NC(=O)Nc2ccc(-n3cnc4cc(OCCOCC(=O)Nc5cccc6c5CN(C5CCC(=O)NC5=O)C6=O)ccc43)cc2)no1. The van der Waals surface area contributed by atoms with Crippen molar-refractivity contribution < 1.29 is 38.0 Å². The highest BCUT2D eigenvalue weighted by atomic mass is 16.5. The Bertz CT molecular complexity index is 2260. The fraction of sp³-hybridized carbons (Fsp3) is 0.289. The van der Waals surface area contributed by atoms with Gasteiger partial charge in [0, 0.05) is 58.7 Å². The number of fused-ring (bicyclic) bond motifs is 2. The zero-order valence-corrected chi connectivity index (χ0v) is 29.8. The number of amides is 6. The van der Waals surface area contributed by atoms with Crippen LogP contribution in [0.25, 0.3) is 16.7 Å². The van der Waals surface area contributed by atoms with E-state index in [1.165, 1.54) is 4.90 Å². The third-order valence-corrected chi connectivity index (χ3v) is 9.00. The van der Waals surface area contributed by atoms with Crippen LogP contribution in [-0.2, 0) is 31.1 Å². The smallest absolute Gasteiger partial charge is 0.324 e. The highest BCUT2D eigenvalue weighted by molar-refractivity contribution is 6.07. The Morgan fingerprint density at radius 2 is 1.80 bits per heavy atom. The summed E-state index contributed by atoms with van der Waals surface area (Å²) < 4.78 is 18.6. The van der Waals surface area contributed by atoms with Crippen molar-refractivity contribution >= 4 is 57.9 Å². The molecule has 1 saturated heterocycles. The number of piperidine rings is 1. The highest BCUT2D eigenvalue weighted by Crippen LogP contribution is 2.32. The lowest BCUT2D eigenvalue weighted by molar-refractivity contribution is -0.137. The van der Waals surface area contributed by atoms with E-state index < -0.39 is 23.9 Å². The van der Waals surface area contributed by atoms with Crippen molar-refractivity contribution in [2.75, 3.05) is 35.8 Å². The molecule has 6 amide bonds. The first-order valence-corrected chi connectivity index (χ1v) is 17.3. The number of imidazole rings is 1. The zero-order chi connectivity index (χ0) is 38.0. The van der Waals surface area contributed by atoms with Crippen LogP contribution in [0.2, 0.25) is 0 Å². The molecule has 2 aliphatic rings. The predicted molar refractivity (Wildman–Crippen MR) is 196 cm³/mol. The van der Waals surface area contributed by atoms with Crippen LogP contribution in [0, 0.1) is 0 Å². The molecule has 4 N–H and O–H groups in total. The van der Waals surface area contributed by atoms with Crippen LogP contribution in [0.3, 0.4) is 0 Å². The van der Waals surface area contributed by atoms with Crippen molar-refractivity contribution in [2.45, 2.75) is 51.6 Å². The Morgan fingerprint density at radius 1 is 0.981 bits per heavy atom. The van der Waals surface area contributed by atoms with Crippen molar-refractivity contribution in [3.05, 3.63) is 89.9 Å². The number of benzene rings is 3. The summed E-state index contributed by atoms with van der Waals surface area (Å²) in [6, 6.07) is 18.3. The molecule has 16 heteroatoms. The highest BCUT2D eigenvalue weighted by Gasteiger charge is 2.40. The van der Waals surface area contributed by atoms with Gasteiger partial charge in [0.2, 0.25) is 17.7 Å². The van der Waals surface area contributed by atoms with Gasteiger partial charge in [-0.25, -0.2) is 9.78 Å². The average molecular weight is 735 g/mol. The molecule has 16 nitrogen and oxygen atoms in total. The number of nitrogens with one attached hydrogen (secondary N) is 4. The molecular formula is C38H38N8O8. The Hall–Kier alpha value is -6.55. The average Bonchev–Trinajstić information content (AvgIpc) is 3.86. The van der Waals surface area contributed by atoms with Crippen LogP contribution < -0.4 is 26.0 Å². The van der Waals surface area contributed by atoms with Crippen LogP contribution in [-0.4, -0.2) is 75.1 Å². The molecule has 4 heterocycles. The maximum Gasteiger partial charge on any atom is 0.324 e. The van der Waals surface area contributed by atoms with Crippen LogP contribution >= 0.6 is 0 Å². The summed E-state index contributed by atoms with van der Waals surface area (Å²) in [4.78, 5) is 68.1. The molecule has 1 atom stereocenters. The normalized spacial score (nSPS) is 15.6. The Labute approximate surface area is 309 Å². The molecule has 0 bridgehead atoms. The number of imide groups is 1. The number of carbonyl (C=O) groups is 5. The van der Waals surface area contributed by atoms with E-state index in [9.17, 15) is 24.0 Å². The maximum atomic E-state index is 13.1. The van der Waals surface area contributed by atoms with Crippen LogP contribution in [0.4, 0.5) is 22.0 Å². The summed E-state index contributed by atoms with van der Waals surface area (Å²) in [7, 11) is 0. The Balaban J connectivity index is 0.865. The first-order chi connectivity index (χ1) is 25.9. The molecule has 278 valence electrons. The van der Waals surface area contributed by atoms with Gasteiger partial charge in [0.15, 0.2) is 5.82 Å². The van der Waals surface area contributed by atoms with Gasteiger partial charge >= 0.3 is 6.03 Å². The Kier molecular flexibility index (Phi) is 9.84. The second kappa shape index (κ2) is 14.8. The summed E-state index contributed by atoms with van der Waals surface area (Å²) in [5, 5.41) is 14.5. The van der Waals surface area contributed by atoms with Gasteiger partial charge in [-0.1, -0.05) is 32.0 Å². The van der Waals surface area contributed by atoms with Crippen molar-refractivity contribution in [1.29, 1.82) is 0 Å². The number of nitrogens with zero attached hydrogens (tertiary/aromatic N) is 4. The second-order valence-corrected chi connectivity index (χ2v) is 13.9. The fourth-order valence-corrected chi connectivity index (χ4v) is 6.23. The molecule has 7 rings (SSSR count). The topological polar surface area (TPSA) is 199 Å². The van der Waals surface area contributed by atoms with E-state index in [4.69, 9.17) is 14.0 Å². The van der Waals surface area contributed by atoms with E-state index in [-0.39, 0.29) is 56.4 Å². The van der Waals surface area contributed by atoms with Gasteiger partial charge in [0.1, 0.15) is 37.1 Å². The molecule has 2 aromatic heterocycles. The molecule has 1 fully saturated rings. The lowest BCUT2D eigenvalue weighted by Gasteiger charge is -2.29. The van der Waals surface area contributed by atoms with E-state index in [2.05, 4.69) is 31.4 Å². The largest absolute Gasteiger partial charge is 0.491 e. The minimum absolute atomic E-state index is 0.142. The van der Waals surface area contributed by atoms with E-state index in [1.54, 1.807) is 42.7 Å². The summed E-state index contributed by atoms with van der Waals surface area (Å²) in [6.07, 6.45) is 2.11. The molecule has 0 saturated carbocycles. The summed E-state index contributed by atoms with van der Waals surface area (Å²) >= 11 is 0. The number of ether oxygens (including phenoxy) is 2. The van der Waals surface area contributed by atoms with Crippen LogP contribution in [0.1, 0.15) is 55.3 Å². The molecular weight excluding hydrogens is 696 g/mol. The molecule has 1 unspecified atom stereocenters. The van der Waals surface area contributed by atoms with Crippen molar-refractivity contribution in [3.8, 4) is 11.4 Å². The lowest BCUT2D eigenvalue weighted by atomic mass is 9.93. The number of anilines is 3. The predicted octanol–water partition coefficient (Wildman–Crippen LogP) is 4.75. The minimum atomic E-state index is -0.746. The number of hydrogen-bond acceptors (Lipinski definition) is 10. The van der Waals surface area contributed by atoms with E-state index in [0.717, 1.165) is 11.2 Å². The maximum absolute atomic E-state index is 13.1. The quantitative estimate of drug-likeness (QED) is 0.109. The second-order valence-electron chi connectivity index (χ2n) is 13.9. The van der Waals surface area contributed by atoms with Gasteiger partial charge in [0.05, 0.1) is 17.6 Å². The van der Waals surface area contributed by atoms with E-state index in [0.29, 0.717) is 45.3 Å². The van der Waals surface area contributed by atoms with Crippen LogP contribution in [0.15, 0.2) is 77.6 Å². The molecule has 2 aliphatic heterocycles. The van der Waals surface area contributed by atoms with Crippen LogP contribution in [0.5, 0.6) is 5.75 Å². The summed E-state index contributed by atoms with van der Waals surface area (Å²) in [6.45, 7) is 6.21. The van der Waals surface area contributed by atoms with Crippen molar-refractivity contribution in [1.82, 2.24) is 24.9 Å². The van der Waals surface area contributed by atoms with Gasteiger partial charge in [-0.15, -0.1) is 0 Å². The third-order valence-electron chi connectivity index (χ3n) is 9.00. The van der Waals surface area contributed by atoms with Gasteiger partial charge in [-0.2, -0.15) is 0 Å². The van der Waals surface area contributed by atoms with Crippen molar-refractivity contribution in [3.63, 3.8) is 0 Å².